The molecule has 2 aliphatic rings. The average Bonchev–Trinajstić information content (AvgIpc) is 2.55. The Morgan fingerprint density at radius 3 is 2.85 bits per heavy atom. The standard InChI is InChI=1S/C9H16N2O2/c1-4-7-8-6(11(3)13-7)5-10(2)9(8)12/h6-8H,4-5H2,1-3H3. The Hall–Kier alpha value is -0.610. The molecular formula is C9H16N2O2. The van der Waals surface area contributed by atoms with Crippen molar-refractivity contribution in [1.82, 2.24) is 9.96 Å². The van der Waals surface area contributed by atoms with Crippen LogP contribution in [0, 0.1) is 5.92 Å². The zero-order valence-electron chi connectivity index (χ0n) is 8.36. The third-order valence-corrected chi connectivity index (χ3v) is 3.11. The minimum Gasteiger partial charge on any atom is -0.344 e. The summed E-state index contributed by atoms with van der Waals surface area (Å²) in [6.07, 6.45) is 0.998. The van der Waals surface area contributed by atoms with E-state index in [-0.39, 0.29) is 24.0 Å². The van der Waals surface area contributed by atoms with Crippen molar-refractivity contribution in [2.45, 2.75) is 25.5 Å². The van der Waals surface area contributed by atoms with Crippen molar-refractivity contribution in [3.8, 4) is 0 Å². The van der Waals surface area contributed by atoms with E-state index in [1.54, 1.807) is 4.90 Å². The summed E-state index contributed by atoms with van der Waals surface area (Å²) in [5.74, 6) is 0.307. The van der Waals surface area contributed by atoms with E-state index < -0.39 is 0 Å². The molecular weight excluding hydrogens is 168 g/mol. The Balaban J connectivity index is 2.21. The first-order chi connectivity index (χ1) is 6.15. The van der Waals surface area contributed by atoms with Gasteiger partial charge < -0.3 is 4.90 Å². The van der Waals surface area contributed by atoms with E-state index >= 15 is 0 Å². The summed E-state index contributed by atoms with van der Waals surface area (Å²) in [6.45, 7) is 2.86. The lowest BCUT2D eigenvalue weighted by Crippen LogP contribution is -2.30. The highest BCUT2D eigenvalue weighted by molar-refractivity contribution is 5.82. The second-order valence-electron chi connectivity index (χ2n) is 3.91. The van der Waals surface area contributed by atoms with Gasteiger partial charge in [0.15, 0.2) is 0 Å². The molecule has 2 fully saturated rings. The topological polar surface area (TPSA) is 32.8 Å². The van der Waals surface area contributed by atoms with Crippen LogP contribution >= 0.6 is 0 Å². The van der Waals surface area contributed by atoms with E-state index in [2.05, 4.69) is 6.92 Å². The molecule has 0 aliphatic carbocycles. The van der Waals surface area contributed by atoms with E-state index in [0.717, 1.165) is 13.0 Å². The number of carbonyl (C=O) groups excluding carboxylic acids is 1. The molecule has 4 nitrogen and oxygen atoms in total. The molecule has 1 amide bonds. The lowest BCUT2D eigenvalue weighted by Gasteiger charge is -2.18. The molecule has 0 spiro atoms. The van der Waals surface area contributed by atoms with Crippen molar-refractivity contribution >= 4 is 5.91 Å². The van der Waals surface area contributed by atoms with Crippen molar-refractivity contribution in [2.24, 2.45) is 5.92 Å². The molecule has 0 bridgehead atoms. The van der Waals surface area contributed by atoms with Gasteiger partial charge in [-0.1, -0.05) is 6.92 Å². The van der Waals surface area contributed by atoms with Gasteiger partial charge in [-0.25, -0.2) is 0 Å². The van der Waals surface area contributed by atoms with Crippen LogP contribution in [0.1, 0.15) is 13.3 Å². The molecule has 0 saturated carbocycles. The van der Waals surface area contributed by atoms with Crippen LogP contribution in [0.4, 0.5) is 0 Å². The van der Waals surface area contributed by atoms with Gasteiger partial charge in [0.2, 0.25) is 5.91 Å². The molecule has 4 heteroatoms. The second kappa shape index (κ2) is 2.96. The Morgan fingerprint density at radius 2 is 2.23 bits per heavy atom. The van der Waals surface area contributed by atoms with Gasteiger partial charge in [-0.2, -0.15) is 5.06 Å². The molecule has 3 atom stereocenters. The van der Waals surface area contributed by atoms with E-state index in [4.69, 9.17) is 4.84 Å². The molecule has 74 valence electrons. The molecule has 13 heavy (non-hydrogen) atoms. The average molecular weight is 184 g/mol. The Bertz CT molecular complexity index is 232. The number of hydroxylamine groups is 2. The fraction of sp³-hybridized carbons (Fsp3) is 0.889. The molecule has 3 unspecified atom stereocenters. The summed E-state index contributed by atoms with van der Waals surface area (Å²) in [4.78, 5) is 19.1. The lowest BCUT2D eigenvalue weighted by molar-refractivity contribution is -0.155. The molecule has 2 saturated heterocycles. The predicted molar refractivity (Wildman–Crippen MR) is 47.8 cm³/mol. The Labute approximate surface area is 78.4 Å². The number of fused-ring (bicyclic) bond motifs is 1. The summed E-state index contributed by atoms with van der Waals surface area (Å²) in [7, 11) is 3.78. The van der Waals surface area contributed by atoms with Gasteiger partial charge in [-0.3, -0.25) is 9.63 Å². The minimum absolute atomic E-state index is 0.0694. The van der Waals surface area contributed by atoms with Gasteiger partial charge >= 0.3 is 0 Å². The van der Waals surface area contributed by atoms with Crippen LogP contribution < -0.4 is 0 Å². The number of nitrogens with zero attached hydrogens (tertiary/aromatic N) is 2. The first-order valence-corrected chi connectivity index (χ1v) is 4.79. The summed E-state index contributed by atoms with van der Waals surface area (Å²) >= 11 is 0. The monoisotopic (exact) mass is 184 g/mol. The minimum atomic E-state index is 0.0694. The van der Waals surface area contributed by atoms with Gasteiger partial charge in [0, 0.05) is 20.6 Å². The summed E-state index contributed by atoms with van der Waals surface area (Å²) in [5.41, 5.74) is 0. The Morgan fingerprint density at radius 1 is 1.54 bits per heavy atom. The summed E-state index contributed by atoms with van der Waals surface area (Å²) < 4.78 is 0. The highest BCUT2D eigenvalue weighted by Gasteiger charge is 2.51. The van der Waals surface area contributed by atoms with E-state index in [9.17, 15) is 4.79 Å². The van der Waals surface area contributed by atoms with E-state index in [1.807, 2.05) is 19.2 Å². The van der Waals surface area contributed by atoms with Crippen molar-refractivity contribution in [3.05, 3.63) is 0 Å². The third kappa shape index (κ3) is 1.16. The van der Waals surface area contributed by atoms with Crippen LogP contribution in [-0.4, -0.2) is 48.7 Å². The number of likely N-dealkylation sites (N-methyl/N-ethyl adjacent to an activating group) is 2. The molecule has 0 N–H and O–H groups in total. The quantitative estimate of drug-likeness (QED) is 0.579. The van der Waals surface area contributed by atoms with Crippen LogP contribution in [-0.2, 0) is 9.63 Å². The fourth-order valence-corrected chi connectivity index (χ4v) is 2.34. The van der Waals surface area contributed by atoms with Crippen LogP contribution in [0.15, 0.2) is 0 Å². The number of carbonyl (C=O) groups is 1. The van der Waals surface area contributed by atoms with Gasteiger partial charge in [0.05, 0.1) is 18.1 Å². The van der Waals surface area contributed by atoms with Gasteiger partial charge in [-0.15, -0.1) is 0 Å². The Kier molecular flexibility index (Phi) is 2.04. The fourth-order valence-electron chi connectivity index (χ4n) is 2.34. The largest absolute Gasteiger partial charge is 0.344 e. The second-order valence-corrected chi connectivity index (χ2v) is 3.91. The number of hydrogen-bond donors (Lipinski definition) is 0. The third-order valence-electron chi connectivity index (χ3n) is 3.11. The maximum Gasteiger partial charge on any atom is 0.229 e. The highest BCUT2D eigenvalue weighted by Crippen LogP contribution is 2.34. The summed E-state index contributed by atoms with van der Waals surface area (Å²) in [5, 5.41) is 1.85. The first-order valence-electron chi connectivity index (χ1n) is 4.79. The molecule has 0 aromatic rings. The maximum absolute atomic E-state index is 11.7. The molecule has 0 aromatic carbocycles. The van der Waals surface area contributed by atoms with Crippen LogP contribution in [0.5, 0.6) is 0 Å². The molecule has 0 radical (unpaired) electrons. The first kappa shape index (κ1) is 8.97. The molecule has 2 rings (SSSR count). The number of rotatable bonds is 1. The van der Waals surface area contributed by atoms with Gasteiger partial charge in [0.25, 0.3) is 0 Å². The van der Waals surface area contributed by atoms with Crippen molar-refractivity contribution in [1.29, 1.82) is 0 Å². The maximum atomic E-state index is 11.7. The van der Waals surface area contributed by atoms with Crippen LogP contribution in [0.25, 0.3) is 0 Å². The smallest absolute Gasteiger partial charge is 0.229 e. The SMILES string of the molecule is CCC1ON(C)C2CN(C)C(=O)C12. The van der Waals surface area contributed by atoms with Crippen LogP contribution in [0.2, 0.25) is 0 Å². The normalized spacial score (nSPS) is 40.1. The van der Waals surface area contributed by atoms with E-state index in [0.29, 0.717) is 0 Å². The van der Waals surface area contributed by atoms with Crippen molar-refractivity contribution in [2.75, 3.05) is 20.6 Å². The van der Waals surface area contributed by atoms with Gasteiger partial charge in [-0.05, 0) is 6.42 Å². The number of likely N-dealkylation sites (tertiary alicyclic amines) is 1. The number of hydrogen-bond acceptors (Lipinski definition) is 3. The number of amides is 1. The van der Waals surface area contributed by atoms with Gasteiger partial charge in [0.1, 0.15) is 0 Å². The molecule has 0 aromatic heterocycles. The van der Waals surface area contributed by atoms with Crippen molar-refractivity contribution in [3.63, 3.8) is 0 Å². The predicted octanol–water partition coefficient (Wildman–Crippen LogP) is 0.0988. The lowest BCUT2D eigenvalue weighted by atomic mass is 9.96. The van der Waals surface area contributed by atoms with Crippen LogP contribution in [0.3, 0.4) is 0 Å². The zero-order chi connectivity index (χ0) is 9.59. The van der Waals surface area contributed by atoms with Crippen molar-refractivity contribution < 1.29 is 9.63 Å². The molecule has 2 aliphatic heterocycles. The highest BCUT2D eigenvalue weighted by atomic mass is 16.7. The van der Waals surface area contributed by atoms with E-state index in [1.165, 1.54) is 0 Å². The molecule has 2 heterocycles. The zero-order valence-corrected chi connectivity index (χ0v) is 8.36. The summed E-state index contributed by atoms with van der Waals surface area (Å²) in [6, 6.07) is 0.266.